The minimum Gasteiger partial charge on any atom is -0.0955 e. The summed E-state index contributed by atoms with van der Waals surface area (Å²) in [5.41, 5.74) is 23.5. The van der Waals surface area contributed by atoms with Crippen LogP contribution in [-0.2, 0) is 21.7 Å². The van der Waals surface area contributed by atoms with Crippen LogP contribution in [-0.4, -0.2) is 0 Å². The van der Waals surface area contributed by atoms with Crippen LogP contribution in [0.25, 0.3) is 44.6 Å². The molecule has 0 amide bonds. The van der Waals surface area contributed by atoms with Gasteiger partial charge >= 0.3 is 0 Å². The van der Waals surface area contributed by atoms with E-state index >= 15 is 0 Å². The summed E-state index contributed by atoms with van der Waals surface area (Å²) in [4.78, 5) is 0. The Balaban J connectivity index is 0.000000380. The van der Waals surface area contributed by atoms with Crippen LogP contribution in [0.5, 0.6) is 0 Å². The van der Waals surface area contributed by atoms with Gasteiger partial charge in [-0.2, -0.15) is 0 Å². The SMILES string of the molecule is C.C.C=C(C)c1cccc(C(=C)CC(C)(C)c2cccc(C(C)(C)CC(=C)c3cccc(C(=C)C)c3)c2)c1.C=C(C)c1cccc(C(C)(C)CC(=C)c2cccc(C(=C)CC(C)(C)c3cccc(C(=C)C)c3)c2)c1. The van der Waals surface area contributed by atoms with Gasteiger partial charge < -0.3 is 0 Å². The number of hydrogen-bond acceptors (Lipinski definition) is 0. The van der Waals surface area contributed by atoms with Gasteiger partial charge in [0.25, 0.3) is 0 Å². The molecule has 0 spiro atoms. The Kier molecular flexibility index (Phi) is 21.2. The normalized spacial score (nSPS) is 11.4. The Morgan fingerprint density at radius 2 is 0.446 bits per heavy atom. The van der Waals surface area contributed by atoms with Crippen molar-refractivity contribution < 1.29 is 0 Å². The standard InChI is InChI=1S/2C36H42.2CH4/c1-25(2)29-14-12-18-33(21-29)35(7,8)23-27(5)31-16-11-17-32(20-31)28(6)24-36(9,10)34-19-13-15-30(22-34)26(3)4;1-25(2)29-14-11-16-31(20-29)27(5)23-35(7,8)33-18-13-19-34(22-33)36(9,10)24-28(6)32-17-12-15-30(21-32)26(3)4;;/h2*11-22H,1,3,5-6,23-24H2,2,4,7-10H3;2*1H4. The van der Waals surface area contributed by atoms with Gasteiger partial charge in [-0.05, 0) is 182 Å². The van der Waals surface area contributed by atoms with Crippen LogP contribution in [0.4, 0.5) is 0 Å². The molecule has 0 N–H and O–H groups in total. The lowest BCUT2D eigenvalue weighted by molar-refractivity contribution is 0.522. The molecule has 0 bridgehead atoms. The van der Waals surface area contributed by atoms with E-state index in [9.17, 15) is 0 Å². The zero-order valence-corrected chi connectivity index (χ0v) is 46.3. The maximum atomic E-state index is 4.49. The fourth-order valence-electron chi connectivity index (χ4n) is 9.69. The van der Waals surface area contributed by atoms with E-state index in [0.717, 1.165) is 70.3 Å². The first-order valence-corrected chi connectivity index (χ1v) is 25.6. The van der Waals surface area contributed by atoms with Crippen LogP contribution in [0, 0.1) is 0 Å². The molecule has 0 fully saturated rings. The molecule has 0 saturated carbocycles. The van der Waals surface area contributed by atoms with Crippen molar-refractivity contribution in [3.63, 3.8) is 0 Å². The summed E-state index contributed by atoms with van der Waals surface area (Å²) in [6.07, 6.45) is 3.53. The molecule has 0 unspecified atom stereocenters. The first kappa shape index (κ1) is 61.5. The molecule has 0 aliphatic carbocycles. The van der Waals surface area contributed by atoms with Crippen molar-refractivity contribution in [3.05, 3.63) is 265 Å². The molecule has 74 heavy (non-hydrogen) atoms. The summed E-state index contributed by atoms with van der Waals surface area (Å²) in [7, 11) is 0. The van der Waals surface area contributed by atoms with E-state index in [1.165, 1.54) is 66.8 Å². The van der Waals surface area contributed by atoms with Gasteiger partial charge in [0, 0.05) is 0 Å². The van der Waals surface area contributed by atoms with Crippen molar-refractivity contribution in [2.45, 2.75) is 145 Å². The Morgan fingerprint density at radius 3 is 0.689 bits per heavy atom. The van der Waals surface area contributed by atoms with E-state index in [-0.39, 0.29) is 36.5 Å². The minimum absolute atomic E-state index is 0. The highest BCUT2D eigenvalue weighted by molar-refractivity contribution is 5.74. The van der Waals surface area contributed by atoms with Gasteiger partial charge in [0.15, 0.2) is 0 Å². The highest BCUT2D eigenvalue weighted by Crippen LogP contribution is 2.41. The van der Waals surface area contributed by atoms with Crippen molar-refractivity contribution in [1.82, 2.24) is 0 Å². The van der Waals surface area contributed by atoms with Gasteiger partial charge in [0.05, 0.1) is 0 Å². The van der Waals surface area contributed by atoms with Gasteiger partial charge in [0.1, 0.15) is 0 Å². The second kappa shape index (κ2) is 25.5. The van der Waals surface area contributed by atoms with Crippen molar-refractivity contribution in [1.29, 1.82) is 0 Å². The van der Waals surface area contributed by atoms with E-state index in [4.69, 9.17) is 0 Å². The van der Waals surface area contributed by atoms with Crippen LogP contribution in [0.3, 0.4) is 0 Å². The number of rotatable bonds is 20. The summed E-state index contributed by atoms with van der Waals surface area (Å²) in [5.74, 6) is 0. The van der Waals surface area contributed by atoms with Crippen molar-refractivity contribution in [2.75, 3.05) is 0 Å². The fraction of sp³-hybridized carbons (Fsp3) is 0.297. The first-order chi connectivity index (χ1) is 33.6. The lowest BCUT2D eigenvalue weighted by Crippen LogP contribution is -2.21. The molecular weight excluding hydrogens is 889 g/mol. The molecule has 0 aliphatic heterocycles. The second-order valence-corrected chi connectivity index (χ2v) is 23.3. The van der Waals surface area contributed by atoms with E-state index in [1.54, 1.807) is 0 Å². The van der Waals surface area contributed by atoms with Crippen LogP contribution in [0.2, 0.25) is 0 Å². The summed E-state index contributed by atoms with van der Waals surface area (Å²) in [5, 5.41) is 0. The summed E-state index contributed by atoms with van der Waals surface area (Å²) >= 11 is 0. The maximum absolute atomic E-state index is 4.49. The van der Waals surface area contributed by atoms with Crippen LogP contribution in [0.15, 0.2) is 198 Å². The Morgan fingerprint density at radius 1 is 0.270 bits per heavy atom. The topological polar surface area (TPSA) is 0 Å². The van der Waals surface area contributed by atoms with Crippen LogP contribution >= 0.6 is 0 Å². The predicted octanol–water partition coefficient (Wildman–Crippen LogP) is 22.3. The average Bonchev–Trinajstić information content (AvgIpc) is 3.33. The van der Waals surface area contributed by atoms with Crippen LogP contribution in [0.1, 0.15) is 190 Å². The molecule has 0 heterocycles. The third kappa shape index (κ3) is 16.1. The van der Waals surface area contributed by atoms with Gasteiger partial charge in [0.2, 0.25) is 0 Å². The average molecular weight is 982 g/mol. The number of allylic oxidation sites excluding steroid dienone is 8. The first-order valence-electron chi connectivity index (χ1n) is 25.6. The lowest BCUT2D eigenvalue weighted by atomic mass is 9.73. The van der Waals surface area contributed by atoms with E-state index in [2.05, 4.69) is 267 Å². The quantitative estimate of drug-likeness (QED) is 0.0715. The summed E-state index contributed by atoms with van der Waals surface area (Å²) < 4.78 is 0. The molecule has 0 nitrogen and oxygen atoms in total. The Labute approximate surface area is 452 Å². The van der Waals surface area contributed by atoms with Gasteiger partial charge in [-0.15, -0.1) is 0 Å². The zero-order chi connectivity index (χ0) is 53.3. The highest BCUT2D eigenvalue weighted by atomic mass is 14.3. The maximum Gasteiger partial charge on any atom is -0.00630 e. The molecule has 388 valence electrons. The third-order valence-corrected chi connectivity index (χ3v) is 14.5. The molecule has 0 aliphatic rings. The molecule has 0 heteroatoms. The van der Waals surface area contributed by atoms with E-state index < -0.39 is 0 Å². The predicted molar refractivity (Wildman–Crippen MR) is 338 cm³/mol. The molecule has 6 aromatic rings. The summed E-state index contributed by atoms with van der Waals surface area (Å²) in [6, 6.07) is 52.4. The third-order valence-electron chi connectivity index (χ3n) is 14.5. The summed E-state index contributed by atoms with van der Waals surface area (Å²) in [6.45, 7) is 60.9. The molecule has 6 aromatic carbocycles. The van der Waals surface area contributed by atoms with E-state index in [0.29, 0.717) is 0 Å². The van der Waals surface area contributed by atoms with Crippen molar-refractivity contribution in [3.8, 4) is 0 Å². The van der Waals surface area contributed by atoms with Gasteiger partial charge in [-0.1, -0.05) is 273 Å². The molecule has 0 aromatic heterocycles. The number of benzene rings is 6. The van der Waals surface area contributed by atoms with Crippen LogP contribution < -0.4 is 0 Å². The van der Waals surface area contributed by atoms with Crippen molar-refractivity contribution in [2.24, 2.45) is 0 Å². The highest BCUT2D eigenvalue weighted by Gasteiger charge is 2.28. The minimum atomic E-state index is -0.0464. The largest absolute Gasteiger partial charge is 0.0955 e. The molecule has 0 saturated heterocycles. The van der Waals surface area contributed by atoms with Gasteiger partial charge in [-0.3, -0.25) is 0 Å². The molecular formula is C74H92. The second-order valence-electron chi connectivity index (χ2n) is 23.3. The Bertz CT molecular complexity index is 2830. The molecule has 6 rings (SSSR count). The monoisotopic (exact) mass is 981 g/mol. The van der Waals surface area contributed by atoms with Crippen molar-refractivity contribution >= 4 is 44.6 Å². The smallest absolute Gasteiger partial charge is 0.00630 e. The number of hydrogen-bond donors (Lipinski definition) is 0. The van der Waals surface area contributed by atoms with Gasteiger partial charge in [-0.25, -0.2) is 0 Å². The molecule has 0 atom stereocenters. The Hall–Kier alpha value is -6.76. The molecule has 0 radical (unpaired) electrons. The fourth-order valence-corrected chi connectivity index (χ4v) is 9.69. The zero-order valence-electron chi connectivity index (χ0n) is 46.3. The lowest BCUT2D eigenvalue weighted by Gasteiger charge is -2.31. The van der Waals surface area contributed by atoms with E-state index in [1.807, 2.05) is 13.8 Å².